The molecule has 0 unspecified atom stereocenters. The van der Waals surface area contributed by atoms with Crippen LogP contribution in [0.1, 0.15) is 31.7 Å². The van der Waals surface area contributed by atoms with Crippen LogP contribution in [0.3, 0.4) is 0 Å². The van der Waals surface area contributed by atoms with Gasteiger partial charge in [0.25, 0.3) is 0 Å². The van der Waals surface area contributed by atoms with Gasteiger partial charge in [-0.05, 0) is 39.3 Å². The number of aromatic nitrogens is 2. The zero-order chi connectivity index (χ0) is 13.3. The topological polar surface area (TPSA) is 54.0 Å². The number of benzene rings is 1. The summed E-state index contributed by atoms with van der Waals surface area (Å²) in [4.78, 5) is 4.50. The SMILES string of the molecule is CC/C(C)=N\n1c(C)nc2ccc(C)cc2c1=N. The van der Waals surface area contributed by atoms with Crippen molar-refractivity contribution in [2.45, 2.75) is 34.1 Å². The predicted molar refractivity (Wildman–Crippen MR) is 73.9 cm³/mol. The zero-order valence-electron chi connectivity index (χ0n) is 11.3. The summed E-state index contributed by atoms with van der Waals surface area (Å²) in [5.74, 6) is 0.740. The van der Waals surface area contributed by atoms with Crippen molar-refractivity contribution in [1.29, 1.82) is 5.41 Å². The van der Waals surface area contributed by atoms with E-state index in [1.165, 1.54) is 0 Å². The van der Waals surface area contributed by atoms with E-state index in [1.807, 2.05) is 39.0 Å². The molecule has 0 aliphatic rings. The first-order chi connectivity index (χ1) is 8.52. The molecule has 0 aliphatic carbocycles. The van der Waals surface area contributed by atoms with Gasteiger partial charge in [0.05, 0.1) is 5.52 Å². The molecule has 2 aromatic rings. The van der Waals surface area contributed by atoms with Crippen LogP contribution >= 0.6 is 0 Å². The summed E-state index contributed by atoms with van der Waals surface area (Å²) >= 11 is 0. The van der Waals surface area contributed by atoms with Crippen LogP contribution in [0, 0.1) is 19.3 Å². The molecule has 0 saturated heterocycles. The molecule has 94 valence electrons. The minimum absolute atomic E-state index is 0.397. The molecule has 4 nitrogen and oxygen atoms in total. The summed E-state index contributed by atoms with van der Waals surface area (Å²) in [6.07, 6.45) is 0.873. The first-order valence-corrected chi connectivity index (χ1v) is 6.12. The van der Waals surface area contributed by atoms with Crippen LogP contribution in [-0.4, -0.2) is 15.4 Å². The van der Waals surface area contributed by atoms with Crippen LogP contribution in [0.25, 0.3) is 10.9 Å². The van der Waals surface area contributed by atoms with Gasteiger partial charge >= 0.3 is 0 Å². The van der Waals surface area contributed by atoms with E-state index in [-0.39, 0.29) is 0 Å². The number of hydrogen-bond acceptors (Lipinski definition) is 3. The van der Waals surface area contributed by atoms with Gasteiger partial charge in [-0.3, -0.25) is 5.41 Å². The van der Waals surface area contributed by atoms with Crippen molar-refractivity contribution >= 4 is 16.6 Å². The van der Waals surface area contributed by atoms with Gasteiger partial charge < -0.3 is 0 Å². The van der Waals surface area contributed by atoms with Crippen molar-refractivity contribution in [2.75, 3.05) is 0 Å². The number of hydrogen-bond donors (Lipinski definition) is 1. The molecule has 0 spiro atoms. The number of rotatable bonds is 2. The lowest BCUT2D eigenvalue weighted by atomic mass is 10.1. The highest BCUT2D eigenvalue weighted by Gasteiger charge is 2.05. The van der Waals surface area contributed by atoms with Crippen molar-refractivity contribution in [3.63, 3.8) is 0 Å². The molecule has 0 amide bonds. The second kappa shape index (κ2) is 4.72. The summed E-state index contributed by atoms with van der Waals surface area (Å²) in [5.41, 5.74) is 3.37. The lowest BCUT2D eigenvalue weighted by molar-refractivity contribution is 0.735. The molecule has 1 N–H and O–H groups in total. The Morgan fingerprint density at radius 3 is 2.78 bits per heavy atom. The highest BCUT2D eigenvalue weighted by molar-refractivity contribution is 5.82. The maximum absolute atomic E-state index is 8.26. The largest absolute Gasteiger partial charge is 0.282 e. The smallest absolute Gasteiger partial charge is 0.157 e. The molecule has 1 aromatic carbocycles. The quantitative estimate of drug-likeness (QED) is 0.809. The Kier molecular flexibility index (Phi) is 3.28. The molecular weight excluding hydrogens is 224 g/mol. The maximum atomic E-state index is 8.26. The lowest BCUT2D eigenvalue weighted by Crippen LogP contribution is -2.21. The summed E-state index contributed by atoms with van der Waals surface area (Å²) in [7, 11) is 0. The Labute approximate surface area is 107 Å². The summed E-state index contributed by atoms with van der Waals surface area (Å²) in [5, 5.41) is 13.5. The fraction of sp³-hybridized carbons (Fsp3) is 0.357. The maximum Gasteiger partial charge on any atom is 0.157 e. The van der Waals surface area contributed by atoms with Crippen LogP contribution in [0.5, 0.6) is 0 Å². The van der Waals surface area contributed by atoms with Gasteiger partial charge in [-0.1, -0.05) is 18.6 Å². The normalized spacial score (nSPS) is 12.1. The van der Waals surface area contributed by atoms with Gasteiger partial charge in [0.1, 0.15) is 5.82 Å². The first kappa shape index (κ1) is 12.5. The molecule has 2 rings (SSSR count). The Bertz CT molecular complexity index is 680. The van der Waals surface area contributed by atoms with Crippen LogP contribution in [-0.2, 0) is 0 Å². The van der Waals surface area contributed by atoms with Crippen LogP contribution in [0.15, 0.2) is 23.3 Å². The number of nitrogens with one attached hydrogen (secondary N) is 1. The van der Waals surface area contributed by atoms with Gasteiger partial charge in [0.2, 0.25) is 0 Å². The third-order valence-corrected chi connectivity index (χ3v) is 2.99. The van der Waals surface area contributed by atoms with Gasteiger partial charge in [0, 0.05) is 11.1 Å². The van der Waals surface area contributed by atoms with Gasteiger partial charge in [0.15, 0.2) is 5.49 Å². The molecule has 1 heterocycles. The van der Waals surface area contributed by atoms with Crippen molar-refractivity contribution in [3.05, 3.63) is 35.1 Å². The van der Waals surface area contributed by atoms with Gasteiger partial charge in [-0.25, -0.2) is 9.66 Å². The lowest BCUT2D eigenvalue weighted by Gasteiger charge is -2.08. The van der Waals surface area contributed by atoms with Crippen LogP contribution < -0.4 is 5.49 Å². The average molecular weight is 242 g/mol. The van der Waals surface area contributed by atoms with E-state index < -0.39 is 0 Å². The Morgan fingerprint density at radius 2 is 2.11 bits per heavy atom. The molecule has 0 bridgehead atoms. The molecule has 0 radical (unpaired) electrons. The number of fused-ring (bicyclic) bond motifs is 1. The summed E-state index contributed by atoms with van der Waals surface area (Å²) in [6, 6.07) is 5.95. The fourth-order valence-electron chi connectivity index (χ4n) is 1.80. The van der Waals surface area contributed by atoms with E-state index in [9.17, 15) is 0 Å². The van der Waals surface area contributed by atoms with Gasteiger partial charge in [-0.2, -0.15) is 5.10 Å². The molecule has 18 heavy (non-hydrogen) atoms. The molecule has 0 aliphatic heterocycles. The van der Waals surface area contributed by atoms with Gasteiger partial charge in [-0.15, -0.1) is 0 Å². The molecule has 0 fully saturated rings. The van der Waals surface area contributed by atoms with Crippen molar-refractivity contribution in [3.8, 4) is 0 Å². The number of aryl methyl sites for hydroxylation is 2. The second-order valence-corrected chi connectivity index (χ2v) is 4.53. The minimum atomic E-state index is 0.397. The standard InChI is InChI=1S/C14H18N4/c1-5-10(3)17-18-11(4)16-13-7-6-9(2)8-12(13)14(18)15/h6-8,15H,5H2,1-4H3/b15-14?,17-10-. The van der Waals surface area contributed by atoms with E-state index in [2.05, 4.69) is 17.0 Å². The second-order valence-electron chi connectivity index (χ2n) is 4.53. The van der Waals surface area contributed by atoms with E-state index in [0.29, 0.717) is 5.49 Å². The average Bonchev–Trinajstić information content (AvgIpc) is 2.35. The minimum Gasteiger partial charge on any atom is -0.282 e. The van der Waals surface area contributed by atoms with Crippen molar-refractivity contribution in [1.82, 2.24) is 9.66 Å². The zero-order valence-corrected chi connectivity index (χ0v) is 11.3. The van der Waals surface area contributed by atoms with Crippen LogP contribution in [0.2, 0.25) is 0 Å². The molecule has 4 heteroatoms. The van der Waals surface area contributed by atoms with Crippen molar-refractivity contribution < 1.29 is 0 Å². The van der Waals surface area contributed by atoms with Crippen LogP contribution in [0.4, 0.5) is 0 Å². The number of nitrogens with zero attached hydrogens (tertiary/aromatic N) is 3. The Hall–Kier alpha value is -1.97. The van der Waals surface area contributed by atoms with E-state index >= 15 is 0 Å². The third-order valence-electron chi connectivity index (χ3n) is 2.99. The van der Waals surface area contributed by atoms with E-state index in [1.54, 1.807) is 4.68 Å². The molecular formula is C14H18N4. The van der Waals surface area contributed by atoms with E-state index in [4.69, 9.17) is 5.41 Å². The predicted octanol–water partition coefficient (Wildman–Crippen LogP) is 2.77. The third kappa shape index (κ3) is 2.18. The summed E-state index contributed by atoms with van der Waals surface area (Å²) < 4.78 is 1.61. The monoisotopic (exact) mass is 242 g/mol. The Balaban J connectivity index is 2.79. The van der Waals surface area contributed by atoms with Crippen molar-refractivity contribution in [2.24, 2.45) is 5.10 Å². The highest BCUT2D eigenvalue weighted by atomic mass is 15.4. The first-order valence-electron chi connectivity index (χ1n) is 6.12. The Morgan fingerprint density at radius 1 is 1.39 bits per heavy atom. The highest BCUT2D eigenvalue weighted by Crippen LogP contribution is 2.10. The summed E-state index contributed by atoms with van der Waals surface area (Å²) in [6.45, 7) is 7.91. The molecule has 0 atom stereocenters. The van der Waals surface area contributed by atoms with E-state index in [0.717, 1.165) is 34.4 Å². The fourth-order valence-corrected chi connectivity index (χ4v) is 1.80. The molecule has 0 saturated carbocycles. The molecule has 1 aromatic heterocycles.